The third-order valence-corrected chi connectivity index (χ3v) is 2.41. The maximum atomic E-state index is 8.59. The molecule has 13 heavy (non-hydrogen) atoms. The predicted molar refractivity (Wildman–Crippen MR) is 55.4 cm³/mol. The molecule has 1 N–H and O–H groups in total. The van der Waals surface area contributed by atoms with Gasteiger partial charge in [-0.05, 0) is 18.4 Å². The second kappa shape index (κ2) is 5.89. The normalized spacial score (nSPS) is 10.0. The molecule has 1 rings (SSSR count). The van der Waals surface area contributed by atoms with E-state index in [1.54, 1.807) is 11.8 Å². The Hall–Kier alpha value is -0.670. The number of hydrogen-bond acceptors (Lipinski definition) is 3. The molecule has 0 spiro atoms. The van der Waals surface area contributed by atoms with Gasteiger partial charge in [0.25, 0.3) is 0 Å². The van der Waals surface area contributed by atoms with Crippen molar-refractivity contribution < 1.29 is 9.84 Å². The van der Waals surface area contributed by atoms with E-state index < -0.39 is 0 Å². The van der Waals surface area contributed by atoms with Crippen molar-refractivity contribution in [1.82, 2.24) is 0 Å². The first-order valence-corrected chi connectivity index (χ1v) is 5.47. The van der Waals surface area contributed by atoms with Gasteiger partial charge in [0.05, 0.1) is 6.61 Å². The smallest absolute Gasteiger partial charge is 0.132 e. The Kier molecular flexibility index (Phi) is 4.72. The van der Waals surface area contributed by atoms with E-state index >= 15 is 0 Å². The van der Waals surface area contributed by atoms with Crippen LogP contribution < -0.4 is 4.74 Å². The molecular formula is C10H14O2S. The molecule has 0 aliphatic heterocycles. The van der Waals surface area contributed by atoms with Crippen LogP contribution in [0.4, 0.5) is 0 Å². The second-order valence-corrected chi connectivity index (χ2v) is 3.42. The SMILES string of the molecule is CSc1ccccc1OCCCO. The van der Waals surface area contributed by atoms with Gasteiger partial charge in [0.1, 0.15) is 5.75 Å². The Morgan fingerprint density at radius 2 is 2.15 bits per heavy atom. The van der Waals surface area contributed by atoms with Crippen LogP contribution in [0.15, 0.2) is 29.2 Å². The van der Waals surface area contributed by atoms with E-state index in [-0.39, 0.29) is 6.61 Å². The molecule has 0 amide bonds. The summed E-state index contributed by atoms with van der Waals surface area (Å²) < 4.78 is 5.49. The van der Waals surface area contributed by atoms with E-state index in [1.165, 1.54) is 0 Å². The Balaban J connectivity index is 2.54. The number of benzene rings is 1. The Labute approximate surface area is 82.9 Å². The summed E-state index contributed by atoms with van der Waals surface area (Å²) in [6.45, 7) is 0.759. The summed E-state index contributed by atoms with van der Waals surface area (Å²) in [4.78, 5) is 1.14. The first kappa shape index (κ1) is 10.4. The van der Waals surface area contributed by atoms with E-state index in [0.29, 0.717) is 13.0 Å². The summed E-state index contributed by atoms with van der Waals surface area (Å²) in [6, 6.07) is 7.92. The van der Waals surface area contributed by atoms with E-state index in [9.17, 15) is 0 Å². The molecule has 0 aromatic heterocycles. The minimum Gasteiger partial charge on any atom is -0.492 e. The number of aliphatic hydroxyl groups is 1. The van der Waals surface area contributed by atoms with Gasteiger partial charge in [-0.1, -0.05) is 12.1 Å². The van der Waals surface area contributed by atoms with Crippen LogP contribution in [0.3, 0.4) is 0 Å². The van der Waals surface area contributed by atoms with Crippen LogP contribution in [-0.2, 0) is 0 Å². The highest BCUT2D eigenvalue weighted by Gasteiger charge is 1.99. The third kappa shape index (κ3) is 3.28. The fourth-order valence-corrected chi connectivity index (χ4v) is 1.53. The molecule has 0 saturated heterocycles. The van der Waals surface area contributed by atoms with Crippen molar-refractivity contribution in [1.29, 1.82) is 0 Å². The van der Waals surface area contributed by atoms with Crippen molar-refractivity contribution in [3.8, 4) is 5.75 Å². The highest BCUT2D eigenvalue weighted by molar-refractivity contribution is 7.98. The number of thioether (sulfide) groups is 1. The quantitative estimate of drug-likeness (QED) is 0.581. The monoisotopic (exact) mass is 198 g/mol. The van der Waals surface area contributed by atoms with Crippen molar-refractivity contribution in [2.75, 3.05) is 19.5 Å². The van der Waals surface area contributed by atoms with Gasteiger partial charge >= 0.3 is 0 Å². The molecule has 0 unspecified atom stereocenters. The van der Waals surface area contributed by atoms with Gasteiger partial charge in [0.15, 0.2) is 0 Å². The van der Waals surface area contributed by atoms with E-state index in [1.807, 2.05) is 30.5 Å². The molecular weight excluding hydrogens is 184 g/mol. The molecule has 72 valence electrons. The van der Waals surface area contributed by atoms with Crippen molar-refractivity contribution in [3.05, 3.63) is 24.3 Å². The summed E-state index contributed by atoms with van der Waals surface area (Å²) >= 11 is 1.67. The van der Waals surface area contributed by atoms with E-state index in [2.05, 4.69) is 0 Å². The van der Waals surface area contributed by atoms with Gasteiger partial charge in [-0.15, -0.1) is 11.8 Å². The molecule has 0 heterocycles. The van der Waals surface area contributed by atoms with Crippen molar-refractivity contribution >= 4 is 11.8 Å². The summed E-state index contributed by atoms with van der Waals surface area (Å²) in [5.74, 6) is 0.906. The Morgan fingerprint density at radius 3 is 2.85 bits per heavy atom. The number of hydrogen-bond donors (Lipinski definition) is 1. The lowest BCUT2D eigenvalue weighted by Crippen LogP contribution is -2.00. The molecule has 1 aromatic carbocycles. The standard InChI is InChI=1S/C10H14O2S/c1-13-10-6-3-2-5-9(10)12-8-4-7-11/h2-3,5-6,11H,4,7-8H2,1H3. The second-order valence-electron chi connectivity index (χ2n) is 2.58. The molecule has 2 nitrogen and oxygen atoms in total. The Bertz CT molecular complexity index is 250. The maximum absolute atomic E-state index is 8.59. The molecule has 0 fully saturated rings. The van der Waals surface area contributed by atoms with Crippen LogP contribution in [0.25, 0.3) is 0 Å². The molecule has 0 aliphatic rings. The van der Waals surface area contributed by atoms with Crippen molar-refractivity contribution in [2.45, 2.75) is 11.3 Å². The van der Waals surface area contributed by atoms with Crippen LogP contribution in [-0.4, -0.2) is 24.6 Å². The Morgan fingerprint density at radius 1 is 1.38 bits per heavy atom. The first-order valence-electron chi connectivity index (χ1n) is 4.25. The summed E-state index contributed by atoms with van der Waals surface area (Å²) in [5, 5.41) is 8.59. The van der Waals surface area contributed by atoms with Crippen molar-refractivity contribution in [2.24, 2.45) is 0 Å². The summed E-state index contributed by atoms with van der Waals surface area (Å²) in [5.41, 5.74) is 0. The van der Waals surface area contributed by atoms with E-state index in [0.717, 1.165) is 10.6 Å². The lowest BCUT2D eigenvalue weighted by atomic mass is 10.3. The topological polar surface area (TPSA) is 29.5 Å². The summed E-state index contributed by atoms with van der Waals surface area (Å²) in [6.07, 6.45) is 2.71. The van der Waals surface area contributed by atoms with Crippen LogP contribution >= 0.6 is 11.8 Å². The highest BCUT2D eigenvalue weighted by atomic mass is 32.2. The molecule has 1 aromatic rings. The van der Waals surface area contributed by atoms with Gasteiger partial charge in [-0.25, -0.2) is 0 Å². The minimum absolute atomic E-state index is 0.182. The number of aliphatic hydroxyl groups excluding tert-OH is 1. The van der Waals surface area contributed by atoms with Gasteiger partial charge < -0.3 is 9.84 Å². The zero-order chi connectivity index (χ0) is 9.52. The highest BCUT2D eigenvalue weighted by Crippen LogP contribution is 2.26. The number of para-hydroxylation sites is 1. The largest absolute Gasteiger partial charge is 0.492 e. The lowest BCUT2D eigenvalue weighted by Gasteiger charge is -2.08. The predicted octanol–water partition coefficient (Wildman–Crippen LogP) is 2.17. The zero-order valence-corrected chi connectivity index (χ0v) is 8.51. The van der Waals surface area contributed by atoms with E-state index in [4.69, 9.17) is 9.84 Å². The van der Waals surface area contributed by atoms with Gasteiger partial charge in [-0.3, -0.25) is 0 Å². The fraction of sp³-hybridized carbons (Fsp3) is 0.400. The minimum atomic E-state index is 0.182. The average Bonchev–Trinajstić information content (AvgIpc) is 2.19. The third-order valence-electron chi connectivity index (χ3n) is 1.63. The van der Waals surface area contributed by atoms with Gasteiger partial charge in [-0.2, -0.15) is 0 Å². The van der Waals surface area contributed by atoms with Crippen LogP contribution in [0, 0.1) is 0 Å². The van der Waals surface area contributed by atoms with Crippen LogP contribution in [0.2, 0.25) is 0 Å². The number of ether oxygens (including phenoxy) is 1. The van der Waals surface area contributed by atoms with Gasteiger partial charge in [0, 0.05) is 17.9 Å². The molecule has 3 heteroatoms. The lowest BCUT2D eigenvalue weighted by molar-refractivity contribution is 0.231. The number of rotatable bonds is 5. The maximum Gasteiger partial charge on any atom is 0.132 e. The molecule has 0 bridgehead atoms. The summed E-state index contributed by atoms with van der Waals surface area (Å²) in [7, 11) is 0. The van der Waals surface area contributed by atoms with Crippen LogP contribution in [0.1, 0.15) is 6.42 Å². The van der Waals surface area contributed by atoms with Gasteiger partial charge in [0.2, 0.25) is 0 Å². The average molecular weight is 198 g/mol. The molecule has 0 radical (unpaired) electrons. The molecule has 0 aliphatic carbocycles. The fourth-order valence-electron chi connectivity index (χ4n) is 0.985. The molecule has 0 atom stereocenters. The zero-order valence-electron chi connectivity index (χ0n) is 7.69. The van der Waals surface area contributed by atoms with Crippen LogP contribution in [0.5, 0.6) is 5.75 Å². The molecule has 0 saturated carbocycles. The van der Waals surface area contributed by atoms with Crippen molar-refractivity contribution in [3.63, 3.8) is 0 Å². The first-order chi connectivity index (χ1) is 6.38.